The third-order valence-corrected chi connectivity index (χ3v) is 4.23. The Morgan fingerprint density at radius 2 is 2.15 bits per heavy atom. The maximum absolute atomic E-state index is 14.1. The summed E-state index contributed by atoms with van der Waals surface area (Å²) in [7, 11) is 1.29. The van der Waals surface area contributed by atoms with Gasteiger partial charge in [0.05, 0.1) is 12.0 Å². The largest absolute Gasteiger partial charge is 0.491 e. The van der Waals surface area contributed by atoms with Gasteiger partial charge < -0.3 is 19.7 Å². The number of methoxy groups -OCH3 is 1. The summed E-state index contributed by atoms with van der Waals surface area (Å²) >= 11 is 0. The van der Waals surface area contributed by atoms with Crippen molar-refractivity contribution in [1.29, 1.82) is 0 Å². The van der Waals surface area contributed by atoms with Crippen LogP contribution in [-0.4, -0.2) is 43.4 Å². The first-order chi connectivity index (χ1) is 12.6. The van der Waals surface area contributed by atoms with Crippen molar-refractivity contribution in [2.75, 3.05) is 31.6 Å². The number of nitrogens with zero attached hydrogens (tertiary/aromatic N) is 2. The van der Waals surface area contributed by atoms with Crippen molar-refractivity contribution in [3.63, 3.8) is 0 Å². The molecule has 1 amide bonds. The number of ether oxygens (including phenoxy) is 2. The van der Waals surface area contributed by atoms with Crippen LogP contribution in [0.2, 0.25) is 0 Å². The van der Waals surface area contributed by atoms with Gasteiger partial charge in [-0.15, -0.1) is 0 Å². The lowest BCUT2D eigenvalue weighted by atomic mass is 9.97. The molecule has 1 aromatic rings. The second-order valence-corrected chi connectivity index (χ2v) is 7.54. The van der Waals surface area contributed by atoms with Crippen LogP contribution in [0.3, 0.4) is 0 Å². The molecule has 1 fully saturated rings. The average Bonchev–Trinajstić information content (AvgIpc) is 2.58. The zero-order valence-corrected chi connectivity index (χ0v) is 16.1. The van der Waals surface area contributed by atoms with Crippen molar-refractivity contribution in [3.05, 3.63) is 28.1 Å². The molecular weight excluding hydrogens is 357 g/mol. The topological polar surface area (TPSA) is 93.9 Å². The fourth-order valence-corrected chi connectivity index (χ4v) is 3.16. The highest BCUT2D eigenvalue weighted by Gasteiger charge is 2.31. The number of alkyl carbamates (subject to hydrolysis) is 1. The Bertz CT molecular complexity index is 705. The summed E-state index contributed by atoms with van der Waals surface area (Å²) in [6, 6.07) is 2.18. The number of carbonyl (C=O) groups excluding carboxylic acids is 1. The number of nitrogens with one attached hydrogen (secondary N) is 1. The Morgan fingerprint density at radius 3 is 2.74 bits per heavy atom. The molecule has 1 aliphatic heterocycles. The van der Waals surface area contributed by atoms with Crippen LogP contribution in [0, 0.1) is 21.8 Å². The number of anilines is 1. The molecule has 0 aliphatic carbocycles. The van der Waals surface area contributed by atoms with Crippen LogP contribution in [-0.2, 0) is 4.74 Å². The normalized spacial score (nSPS) is 17.4. The van der Waals surface area contributed by atoms with E-state index in [9.17, 15) is 19.3 Å². The molecule has 2 rings (SSSR count). The van der Waals surface area contributed by atoms with Gasteiger partial charge in [0, 0.05) is 25.7 Å². The van der Waals surface area contributed by atoms with Gasteiger partial charge in [0.2, 0.25) is 0 Å². The van der Waals surface area contributed by atoms with E-state index >= 15 is 0 Å². The van der Waals surface area contributed by atoms with E-state index in [1.54, 1.807) is 25.7 Å². The first kappa shape index (κ1) is 20.7. The Hall–Kier alpha value is -2.58. The molecule has 1 aromatic carbocycles. The third kappa shape index (κ3) is 5.45. The van der Waals surface area contributed by atoms with Crippen molar-refractivity contribution in [1.82, 2.24) is 5.32 Å². The van der Waals surface area contributed by atoms with Crippen LogP contribution < -0.4 is 15.0 Å². The predicted molar refractivity (Wildman–Crippen MR) is 98.8 cm³/mol. The quantitative estimate of drug-likeness (QED) is 0.618. The molecule has 1 saturated heterocycles. The molecule has 0 saturated carbocycles. The molecule has 27 heavy (non-hydrogen) atoms. The molecule has 9 heteroatoms. The van der Waals surface area contributed by atoms with Gasteiger partial charge in [-0.2, -0.15) is 0 Å². The molecule has 0 radical (unpaired) electrons. The van der Waals surface area contributed by atoms with Crippen LogP contribution >= 0.6 is 0 Å². The molecule has 8 nitrogen and oxygen atoms in total. The van der Waals surface area contributed by atoms with Gasteiger partial charge in [-0.05, 0) is 45.6 Å². The highest BCUT2D eigenvalue weighted by atomic mass is 19.1. The minimum absolute atomic E-state index is 0.0545. The smallest absolute Gasteiger partial charge is 0.407 e. The summed E-state index contributed by atoms with van der Waals surface area (Å²) in [5.74, 6) is -0.726. The number of nitro groups is 1. The van der Waals surface area contributed by atoms with Gasteiger partial charge >= 0.3 is 6.09 Å². The van der Waals surface area contributed by atoms with Gasteiger partial charge in [-0.3, -0.25) is 10.1 Å². The molecule has 0 unspecified atom stereocenters. The number of benzene rings is 1. The molecule has 1 N–H and O–H groups in total. The van der Waals surface area contributed by atoms with Crippen LogP contribution in [0.4, 0.5) is 20.6 Å². The van der Waals surface area contributed by atoms with Gasteiger partial charge in [-0.25, -0.2) is 9.18 Å². The Labute approximate surface area is 157 Å². The minimum atomic E-state index is -0.646. The summed E-state index contributed by atoms with van der Waals surface area (Å²) < 4.78 is 24.4. The number of carbonyl (C=O) groups is 1. The highest BCUT2D eigenvalue weighted by Crippen LogP contribution is 2.41. The first-order valence-electron chi connectivity index (χ1n) is 8.85. The maximum Gasteiger partial charge on any atom is 0.407 e. The van der Waals surface area contributed by atoms with Crippen molar-refractivity contribution in [3.8, 4) is 5.75 Å². The fraction of sp³-hybridized carbons (Fsp3) is 0.611. The molecule has 0 spiro atoms. The standard InChI is InChI=1S/C18H26FN3O5/c1-18(2,3)27-17(23)20-10-12-6-5-9-21(11-12)15-14(22(24)25)8-7-13(19)16(15)26-4/h7-8,12H,5-6,9-11H2,1-4H3,(H,20,23)/t12-/m0/s1. The van der Waals surface area contributed by atoms with Crippen LogP contribution in [0.15, 0.2) is 12.1 Å². The Balaban J connectivity index is 2.13. The Morgan fingerprint density at radius 1 is 1.44 bits per heavy atom. The van der Waals surface area contributed by atoms with E-state index in [0.717, 1.165) is 25.0 Å². The molecular formula is C18H26FN3O5. The predicted octanol–water partition coefficient (Wildman–Crippen LogP) is 3.48. The summed E-state index contributed by atoms with van der Waals surface area (Å²) in [4.78, 5) is 24.4. The van der Waals surface area contributed by atoms with E-state index in [-0.39, 0.29) is 23.0 Å². The average molecular weight is 383 g/mol. The monoisotopic (exact) mass is 383 g/mol. The highest BCUT2D eigenvalue weighted by molar-refractivity contribution is 5.72. The summed E-state index contributed by atoms with van der Waals surface area (Å²) in [6.07, 6.45) is 1.10. The van der Waals surface area contributed by atoms with E-state index in [2.05, 4.69) is 5.32 Å². The number of rotatable bonds is 5. The van der Waals surface area contributed by atoms with Crippen LogP contribution in [0.5, 0.6) is 5.75 Å². The lowest BCUT2D eigenvalue weighted by Crippen LogP contribution is -2.42. The van der Waals surface area contributed by atoms with E-state index < -0.39 is 22.4 Å². The van der Waals surface area contributed by atoms with E-state index in [0.29, 0.717) is 19.6 Å². The van der Waals surface area contributed by atoms with Gasteiger partial charge in [0.25, 0.3) is 5.69 Å². The molecule has 1 heterocycles. The van der Waals surface area contributed by atoms with Gasteiger partial charge in [0.1, 0.15) is 5.60 Å². The second kappa shape index (κ2) is 8.41. The number of hydrogen-bond acceptors (Lipinski definition) is 6. The SMILES string of the molecule is COc1c(F)ccc([N+](=O)[O-])c1N1CCC[C@@H](CNC(=O)OC(C)(C)C)C1. The number of hydrogen-bond donors (Lipinski definition) is 1. The van der Waals surface area contributed by atoms with E-state index in [4.69, 9.17) is 9.47 Å². The van der Waals surface area contributed by atoms with Crippen molar-refractivity contribution in [2.24, 2.45) is 5.92 Å². The molecule has 150 valence electrons. The third-order valence-electron chi connectivity index (χ3n) is 4.23. The second-order valence-electron chi connectivity index (χ2n) is 7.54. The van der Waals surface area contributed by atoms with Crippen LogP contribution in [0.1, 0.15) is 33.6 Å². The molecule has 1 aliphatic rings. The molecule has 1 atom stereocenters. The number of halogens is 1. The Kier molecular flexibility index (Phi) is 6.45. The number of nitro benzene ring substituents is 1. The van der Waals surface area contributed by atoms with Crippen molar-refractivity contribution < 1.29 is 23.6 Å². The van der Waals surface area contributed by atoms with Crippen molar-refractivity contribution in [2.45, 2.75) is 39.2 Å². The van der Waals surface area contributed by atoms with Gasteiger partial charge in [-0.1, -0.05) is 0 Å². The van der Waals surface area contributed by atoms with E-state index in [1.165, 1.54) is 7.11 Å². The minimum Gasteiger partial charge on any atom is -0.491 e. The zero-order valence-electron chi connectivity index (χ0n) is 16.1. The fourth-order valence-electron chi connectivity index (χ4n) is 3.16. The summed E-state index contributed by atoms with van der Waals surface area (Å²) in [5, 5.41) is 14.1. The lowest BCUT2D eigenvalue weighted by molar-refractivity contribution is -0.384. The molecule has 0 bridgehead atoms. The van der Waals surface area contributed by atoms with Crippen molar-refractivity contribution >= 4 is 17.5 Å². The van der Waals surface area contributed by atoms with Gasteiger partial charge in [0.15, 0.2) is 17.3 Å². The number of piperidine rings is 1. The summed E-state index contributed by atoms with van der Waals surface area (Å²) in [6.45, 7) is 6.70. The zero-order chi connectivity index (χ0) is 20.2. The summed E-state index contributed by atoms with van der Waals surface area (Å²) in [5.41, 5.74) is -0.642. The number of amides is 1. The molecule has 0 aromatic heterocycles. The lowest BCUT2D eigenvalue weighted by Gasteiger charge is -2.34. The maximum atomic E-state index is 14.1. The first-order valence-corrected chi connectivity index (χ1v) is 8.85. The van der Waals surface area contributed by atoms with Crippen LogP contribution in [0.25, 0.3) is 0 Å². The van der Waals surface area contributed by atoms with E-state index in [1.807, 2.05) is 0 Å².